The maximum absolute atomic E-state index is 11.0. The maximum Gasteiger partial charge on any atom is 0.344 e. The molecule has 21 heavy (non-hydrogen) atoms. The number of ether oxygens (including phenoxy) is 3. The molecule has 6 heteroatoms. The number of aliphatic carboxylic acids is 1. The third-order valence-corrected chi connectivity index (χ3v) is 3.08. The number of fused-ring (bicyclic) bond motifs is 1. The zero-order valence-electron chi connectivity index (χ0n) is 12.5. The molecule has 2 rings (SSSR count). The fourth-order valence-electron chi connectivity index (χ4n) is 1.95. The van der Waals surface area contributed by atoms with Crippen molar-refractivity contribution in [2.45, 2.75) is 33.4 Å². The van der Waals surface area contributed by atoms with Crippen molar-refractivity contribution in [2.75, 3.05) is 13.3 Å². The van der Waals surface area contributed by atoms with E-state index in [9.17, 15) is 4.79 Å². The summed E-state index contributed by atoms with van der Waals surface area (Å²) >= 11 is 0. The van der Waals surface area contributed by atoms with E-state index >= 15 is 0 Å². The van der Waals surface area contributed by atoms with Gasteiger partial charge in [0.2, 0.25) is 6.79 Å². The van der Waals surface area contributed by atoms with E-state index in [1.807, 2.05) is 6.07 Å². The first-order valence-electron chi connectivity index (χ1n) is 7.00. The van der Waals surface area contributed by atoms with Crippen LogP contribution in [0.3, 0.4) is 0 Å². The van der Waals surface area contributed by atoms with Gasteiger partial charge in [-0.05, 0) is 25.5 Å². The first-order valence-corrected chi connectivity index (χ1v) is 7.00. The van der Waals surface area contributed by atoms with Crippen LogP contribution in [0.5, 0.6) is 17.2 Å². The van der Waals surface area contributed by atoms with Gasteiger partial charge in [0.25, 0.3) is 0 Å². The number of carbonyl (C=O) groups is 1. The Morgan fingerprint density at radius 1 is 1.33 bits per heavy atom. The smallest absolute Gasteiger partial charge is 0.344 e. The van der Waals surface area contributed by atoms with Gasteiger partial charge in [0.15, 0.2) is 17.6 Å². The van der Waals surface area contributed by atoms with Gasteiger partial charge in [-0.2, -0.15) is 0 Å². The lowest BCUT2D eigenvalue weighted by atomic mass is 10.1. The predicted octanol–water partition coefficient (Wildman–Crippen LogP) is 2.01. The Bertz CT molecular complexity index is 515. The molecule has 0 saturated carbocycles. The molecule has 2 N–H and O–H groups in total. The van der Waals surface area contributed by atoms with Crippen LogP contribution in [-0.2, 0) is 11.3 Å². The molecule has 0 aliphatic carbocycles. The van der Waals surface area contributed by atoms with Gasteiger partial charge in [0.05, 0.1) is 0 Å². The van der Waals surface area contributed by atoms with Gasteiger partial charge >= 0.3 is 5.97 Å². The Morgan fingerprint density at radius 2 is 2.00 bits per heavy atom. The molecule has 1 atom stereocenters. The molecule has 0 aromatic heterocycles. The van der Waals surface area contributed by atoms with Crippen molar-refractivity contribution in [1.82, 2.24) is 5.32 Å². The van der Waals surface area contributed by atoms with E-state index in [2.05, 4.69) is 19.2 Å². The molecule has 1 aromatic carbocycles. The zero-order chi connectivity index (χ0) is 15.4. The molecule has 1 aliphatic rings. The van der Waals surface area contributed by atoms with Crippen molar-refractivity contribution in [2.24, 2.45) is 5.92 Å². The largest absolute Gasteiger partial charge is 0.479 e. The normalized spacial score (nSPS) is 14.3. The van der Waals surface area contributed by atoms with E-state index in [1.54, 1.807) is 6.07 Å². The minimum atomic E-state index is -1.01. The summed E-state index contributed by atoms with van der Waals surface area (Å²) in [6.07, 6.45) is -0.922. The van der Waals surface area contributed by atoms with Crippen molar-refractivity contribution in [3.8, 4) is 17.2 Å². The van der Waals surface area contributed by atoms with Crippen LogP contribution < -0.4 is 19.5 Å². The predicted molar refractivity (Wildman–Crippen MR) is 76.8 cm³/mol. The summed E-state index contributed by atoms with van der Waals surface area (Å²) in [5.41, 5.74) is 0.855. The summed E-state index contributed by atoms with van der Waals surface area (Å²) in [5, 5.41) is 12.3. The van der Waals surface area contributed by atoms with E-state index in [0.29, 0.717) is 29.7 Å². The van der Waals surface area contributed by atoms with E-state index in [1.165, 1.54) is 6.92 Å². The molecule has 0 bridgehead atoms. The molecule has 1 heterocycles. The highest BCUT2D eigenvalue weighted by molar-refractivity contribution is 5.72. The second-order valence-electron chi connectivity index (χ2n) is 5.44. The van der Waals surface area contributed by atoms with Gasteiger partial charge in [0, 0.05) is 18.2 Å². The number of hydrogen-bond donors (Lipinski definition) is 2. The highest BCUT2D eigenvalue weighted by atomic mass is 16.7. The monoisotopic (exact) mass is 295 g/mol. The van der Waals surface area contributed by atoms with Crippen molar-refractivity contribution in [1.29, 1.82) is 0 Å². The van der Waals surface area contributed by atoms with Crippen molar-refractivity contribution in [3.63, 3.8) is 0 Å². The molecule has 0 saturated heterocycles. The number of rotatable bonds is 7. The minimum Gasteiger partial charge on any atom is -0.479 e. The third kappa shape index (κ3) is 4.01. The lowest BCUT2D eigenvalue weighted by molar-refractivity contribution is -0.144. The molecule has 1 aliphatic heterocycles. The fourth-order valence-corrected chi connectivity index (χ4v) is 1.95. The second-order valence-corrected chi connectivity index (χ2v) is 5.44. The summed E-state index contributed by atoms with van der Waals surface area (Å²) in [6.45, 7) is 7.36. The quantitative estimate of drug-likeness (QED) is 0.801. The Kier molecular flexibility index (Phi) is 4.90. The Morgan fingerprint density at radius 3 is 2.62 bits per heavy atom. The molecular weight excluding hydrogens is 274 g/mol. The first kappa shape index (κ1) is 15.4. The van der Waals surface area contributed by atoms with Crippen LogP contribution in [0.15, 0.2) is 12.1 Å². The molecule has 0 fully saturated rings. The summed E-state index contributed by atoms with van der Waals surface area (Å²) in [5.74, 6) is 1.27. The summed E-state index contributed by atoms with van der Waals surface area (Å²) < 4.78 is 16.2. The van der Waals surface area contributed by atoms with Gasteiger partial charge in [-0.15, -0.1) is 0 Å². The van der Waals surface area contributed by atoms with Crippen LogP contribution in [-0.4, -0.2) is 30.5 Å². The standard InChI is InChI=1S/C15H21NO5/c1-9(2)6-16-7-11-4-13-14(20-8-19-13)5-12(11)21-10(3)15(17)18/h4-5,9-10,16H,6-8H2,1-3H3,(H,17,18). The van der Waals surface area contributed by atoms with Crippen molar-refractivity contribution >= 4 is 5.97 Å². The summed E-state index contributed by atoms with van der Waals surface area (Å²) in [7, 11) is 0. The number of nitrogens with one attached hydrogen (secondary N) is 1. The molecule has 0 radical (unpaired) electrons. The average molecular weight is 295 g/mol. The van der Waals surface area contributed by atoms with E-state index < -0.39 is 12.1 Å². The summed E-state index contributed by atoms with van der Waals surface area (Å²) in [4.78, 5) is 11.0. The topological polar surface area (TPSA) is 77.0 Å². The SMILES string of the molecule is CC(C)CNCc1cc2c(cc1OC(C)C(=O)O)OCO2. The zero-order valence-corrected chi connectivity index (χ0v) is 12.5. The van der Waals surface area contributed by atoms with Crippen LogP contribution in [0.4, 0.5) is 0 Å². The number of carboxylic acids is 1. The van der Waals surface area contributed by atoms with Crippen LogP contribution >= 0.6 is 0 Å². The van der Waals surface area contributed by atoms with E-state index in [4.69, 9.17) is 19.3 Å². The van der Waals surface area contributed by atoms with Crippen LogP contribution in [0.1, 0.15) is 26.3 Å². The van der Waals surface area contributed by atoms with Gasteiger partial charge in [0.1, 0.15) is 5.75 Å². The van der Waals surface area contributed by atoms with Crippen LogP contribution in [0, 0.1) is 5.92 Å². The Hall–Kier alpha value is -1.95. The highest BCUT2D eigenvalue weighted by Gasteiger charge is 2.21. The molecule has 1 aromatic rings. The van der Waals surface area contributed by atoms with Crippen LogP contribution in [0.25, 0.3) is 0 Å². The molecule has 0 spiro atoms. The van der Waals surface area contributed by atoms with Gasteiger partial charge in [-0.3, -0.25) is 0 Å². The molecule has 6 nitrogen and oxygen atoms in total. The van der Waals surface area contributed by atoms with Crippen molar-refractivity contribution < 1.29 is 24.1 Å². The highest BCUT2D eigenvalue weighted by Crippen LogP contribution is 2.38. The number of hydrogen-bond acceptors (Lipinski definition) is 5. The molecule has 116 valence electrons. The lowest BCUT2D eigenvalue weighted by Gasteiger charge is -2.16. The van der Waals surface area contributed by atoms with Gasteiger partial charge in [-0.25, -0.2) is 4.79 Å². The Balaban J connectivity index is 2.17. The lowest BCUT2D eigenvalue weighted by Crippen LogP contribution is -2.24. The molecule has 0 amide bonds. The fraction of sp³-hybridized carbons (Fsp3) is 0.533. The molecular formula is C15H21NO5. The minimum absolute atomic E-state index is 0.173. The average Bonchev–Trinajstić information content (AvgIpc) is 2.85. The van der Waals surface area contributed by atoms with Gasteiger partial charge < -0.3 is 24.6 Å². The first-order chi connectivity index (χ1) is 9.97. The second kappa shape index (κ2) is 6.67. The van der Waals surface area contributed by atoms with E-state index in [0.717, 1.165) is 12.1 Å². The van der Waals surface area contributed by atoms with Gasteiger partial charge in [-0.1, -0.05) is 13.8 Å². The van der Waals surface area contributed by atoms with Crippen LogP contribution in [0.2, 0.25) is 0 Å². The summed E-state index contributed by atoms with van der Waals surface area (Å²) in [6, 6.07) is 3.52. The number of benzene rings is 1. The number of carboxylic acid groups (broad SMARTS) is 1. The molecule has 1 unspecified atom stereocenters. The van der Waals surface area contributed by atoms with E-state index in [-0.39, 0.29) is 6.79 Å². The Labute approximate surface area is 124 Å². The maximum atomic E-state index is 11.0. The third-order valence-electron chi connectivity index (χ3n) is 3.08. The van der Waals surface area contributed by atoms with Crippen molar-refractivity contribution in [3.05, 3.63) is 17.7 Å².